The SMILES string of the molecule is CCNC(=NCCCCN1CCCC1)Nc1ccc2c(c1)OCCCO2.I. The van der Waals surface area contributed by atoms with Gasteiger partial charge in [-0.05, 0) is 64.4 Å². The fourth-order valence-corrected chi connectivity index (χ4v) is 3.33. The molecule has 0 unspecified atom stereocenters. The third-order valence-corrected chi connectivity index (χ3v) is 4.71. The first-order valence-electron chi connectivity index (χ1n) is 10.0. The van der Waals surface area contributed by atoms with Crippen molar-refractivity contribution in [2.75, 3.05) is 51.3 Å². The number of halogens is 1. The van der Waals surface area contributed by atoms with Crippen LogP contribution in [0.4, 0.5) is 5.69 Å². The Hall–Kier alpha value is -1.22. The molecule has 2 aliphatic rings. The molecule has 1 aromatic rings. The number of hydrogen-bond donors (Lipinski definition) is 2. The van der Waals surface area contributed by atoms with Gasteiger partial charge in [0.15, 0.2) is 17.5 Å². The molecule has 1 aromatic carbocycles. The van der Waals surface area contributed by atoms with E-state index in [0.717, 1.165) is 49.1 Å². The van der Waals surface area contributed by atoms with Crippen molar-refractivity contribution in [3.8, 4) is 11.5 Å². The molecular weight excluding hydrogens is 455 g/mol. The van der Waals surface area contributed by atoms with E-state index in [1.807, 2.05) is 18.2 Å². The second kappa shape index (κ2) is 12.3. The number of aliphatic imine (C=N–C) groups is 1. The minimum atomic E-state index is 0. The molecule has 27 heavy (non-hydrogen) atoms. The molecule has 0 atom stereocenters. The molecule has 2 heterocycles. The number of nitrogens with zero attached hydrogens (tertiary/aromatic N) is 2. The molecule has 0 bridgehead atoms. The van der Waals surface area contributed by atoms with Gasteiger partial charge in [-0.15, -0.1) is 24.0 Å². The van der Waals surface area contributed by atoms with Crippen molar-refractivity contribution >= 4 is 35.6 Å². The van der Waals surface area contributed by atoms with E-state index in [9.17, 15) is 0 Å². The van der Waals surface area contributed by atoms with Crippen molar-refractivity contribution in [2.45, 2.75) is 39.0 Å². The van der Waals surface area contributed by atoms with Crippen LogP contribution in [0.5, 0.6) is 11.5 Å². The summed E-state index contributed by atoms with van der Waals surface area (Å²) in [6.45, 7) is 8.93. The van der Waals surface area contributed by atoms with Gasteiger partial charge in [-0.25, -0.2) is 0 Å². The van der Waals surface area contributed by atoms with Gasteiger partial charge >= 0.3 is 0 Å². The van der Waals surface area contributed by atoms with E-state index in [2.05, 4.69) is 22.5 Å². The number of hydrogen-bond acceptors (Lipinski definition) is 4. The third kappa shape index (κ3) is 7.37. The van der Waals surface area contributed by atoms with Crippen LogP contribution in [0.2, 0.25) is 0 Å². The van der Waals surface area contributed by atoms with Crippen molar-refractivity contribution in [2.24, 2.45) is 4.99 Å². The van der Waals surface area contributed by atoms with Gasteiger partial charge in [-0.2, -0.15) is 0 Å². The second-order valence-electron chi connectivity index (χ2n) is 6.85. The van der Waals surface area contributed by atoms with Gasteiger partial charge < -0.3 is 25.0 Å². The maximum Gasteiger partial charge on any atom is 0.195 e. The average Bonchev–Trinajstić information content (AvgIpc) is 3.05. The van der Waals surface area contributed by atoms with Crippen LogP contribution in [0.25, 0.3) is 0 Å². The van der Waals surface area contributed by atoms with E-state index in [-0.39, 0.29) is 24.0 Å². The summed E-state index contributed by atoms with van der Waals surface area (Å²) >= 11 is 0. The summed E-state index contributed by atoms with van der Waals surface area (Å²) in [6.07, 6.45) is 5.98. The van der Waals surface area contributed by atoms with Crippen molar-refractivity contribution in [1.29, 1.82) is 0 Å². The first-order valence-corrected chi connectivity index (χ1v) is 10.0. The van der Waals surface area contributed by atoms with Crippen LogP contribution in [0, 0.1) is 0 Å². The van der Waals surface area contributed by atoms with Gasteiger partial charge in [-0.3, -0.25) is 4.99 Å². The molecule has 0 aromatic heterocycles. The summed E-state index contributed by atoms with van der Waals surface area (Å²) in [5.74, 6) is 2.44. The van der Waals surface area contributed by atoms with Crippen molar-refractivity contribution in [3.63, 3.8) is 0 Å². The molecule has 0 aliphatic carbocycles. The molecule has 2 N–H and O–H groups in total. The van der Waals surface area contributed by atoms with Gasteiger partial charge in [-0.1, -0.05) is 0 Å². The van der Waals surface area contributed by atoms with E-state index in [1.54, 1.807) is 0 Å². The molecule has 6 nitrogen and oxygen atoms in total. The largest absolute Gasteiger partial charge is 0.490 e. The number of ether oxygens (including phenoxy) is 2. The molecule has 3 rings (SSSR count). The molecule has 7 heteroatoms. The van der Waals surface area contributed by atoms with Crippen LogP contribution in [-0.2, 0) is 0 Å². The number of anilines is 1. The lowest BCUT2D eigenvalue weighted by molar-refractivity contribution is 0.297. The molecule has 0 radical (unpaired) electrons. The number of rotatable bonds is 7. The fraction of sp³-hybridized carbons (Fsp3) is 0.650. The Balaban J connectivity index is 0.00000261. The maximum atomic E-state index is 5.76. The topological polar surface area (TPSA) is 58.1 Å². The predicted molar refractivity (Wildman–Crippen MR) is 122 cm³/mol. The number of unbranched alkanes of at least 4 members (excludes halogenated alkanes) is 1. The standard InChI is InChI=1S/C20H32N4O2.HI/c1-2-21-20(22-10-3-4-11-24-12-5-6-13-24)23-17-8-9-18-19(16-17)26-15-7-14-25-18;/h8-9,16H,2-7,10-15H2,1H3,(H2,21,22,23);1H. The van der Waals surface area contributed by atoms with Gasteiger partial charge in [0, 0.05) is 31.3 Å². The molecule has 0 amide bonds. The summed E-state index contributed by atoms with van der Waals surface area (Å²) in [4.78, 5) is 7.27. The summed E-state index contributed by atoms with van der Waals surface area (Å²) < 4.78 is 11.4. The van der Waals surface area contributed by atoms with E-state index in [0.29, 0.717) is 13.2 Å². The monoisotopic (exact) mass is 488 g/mol. The summed E-state index contributed by atoms with van der Waals surface area (Å²) in [5.41, 5.74) is 0.964. The van der Waals surface area contributed by atoms with Crippen LogP contribution in [0.15, 0.2) is 23.2 Å². The van der Waals surface area contributed by atoms with E-state index in [4.69, 9.17) is 14.5 Å². The van der Waals surface area contributed by atoms with E-state index in [1.165, 1.54) is 38.9 Å². The molecule has 2 aliphatic heterocycles. The van der Waals surface area contributed by atoms with Gasteiger partial charge in [0.25, 0.3) is 0 Å². The number of guanidine groups is 1. The van der Waals surface area contributed by atoms with Crippen LogP contribution in [-0.4, -0.2) is 56.8 Å². The maximum absolute atomic E-state index is 5.76. The van der Waals surface area contributed by atoms with Crippen molar-refractivity contribution < 1.29 is 9.47 Å². The molecule has 1 fully saturated rings. The highest BCUT2D eigenvalue weighted by atomic mass is 127. The van der Waals surface area contributed by atoms with Crippen LogP contribution in [0.3, 0.4) is 0 Å². The van der Waals surface area contributed by atoms with Gasteiger partial charge in [0.05, 0.1) is 13.2 Å². The third-order valence-electron chi connectivity index (χ3n) is 4.71. The van der Waals surface area contributed by atoms with Crippen molar-refractivity contribution in [1.82, 2.24) is 10.2 Å². The number of fused-ring (bicyclic) bond motifs is 1. The van der Waals surface area contributed by atoms with Crippen LogP contribution >= 0.6 is 24.0 Å². The molecule has 152 valence electrons. The van der Waals surface area contributed by atoms with Gasteiger partial charge in [0.2, 0.25) is 0 Å². The lowest BCUT2D eigenvalue weighted by Crippen LogP contribution is -2.30. The Bertz CT molecular complexity index is 591. The zero-order chi connectivity index (χ0) is 18.0. The normalized spacial score (nSPS) is 17.1. The first kappa shape index (κ1) is 22.1. The molecule has 0 saturated carbocycles. The minimum absolute atomic E-state index is 0. The Morgan fingerprint density at radius 3 is 2.63 bits per heavy atom. The first-order chi connectivity index (χ1) is 12.8. The Kier molecular flexibility index (Phi) is 10.0. The van der Waals surface area contributed by atoms with Crippen LogP contribution < -0.4 is 20.1 Å². The predicted octanol–water partition coefficient (Wildman–Crippen LogP) is 3.72. The summed E-state index contributed by atoms with van der Waals surface area (Å²) in [6, 6.07) is 5.96. The minimum Gasteiger partial charge on any atom is -0.490 e. The highest BCUT2D eigenvalue weighted by Gasteiger charge is 2.12. The summed E-state index contributed by atoms with van der Waals surface area (Å²) in [5, 5.41) is 6.69. The quantitative estimate of drug-likeness (QED) is 0.265. The fourth-order valence-electron chi connectivity index (χ4n) is 3.33. The van der Waals surface area contributed by atoms with Crippen LogP contribution in [0.1, 0.15) is 39.0 Å². The highest BCUT2D eigenvalue weighted by molar-refractivity contribution is 14.0. The lowest BCUT2D eigenvalue weighted by Gasteiger charge is -2.15. The average molecular weight is 488 g/mol. The smallest absolute Gasteiger partial charge is 0.195 e. The van der Waals surface area contributed by atoms with E-state index >= 15 is 0 Å². The molecule has 1 saturated heterocycles. The van der Waals surface area contributed by atoms with E-state index < -0.39 is 0 Å². The Morgan fingerprint density at radius 1 is 1.07 bits per heavy atom. The number of likely N-dealkylation sites (tertiary alicyclic amines) is 1. The van der Waals surface area contributed by atoms with Gasteiger partial charge in [0.1, 0.15) is 0 Å². The zero-order valence-electron chi connectivity index (χ0n) is 16.3. The Labute approximate surface area is 180 Å². The number of benzene rings is 1. The van der Waals surface area contributed by atoms with Crippen molar-refractivity contribution in [3.05, 3.63) is 18.2 Å². The Morgan fingerprint density at radius 2 is 1.85 bits per heavy atom. The lowest BCUT2D eigenvalue weighted by atomic mass is 10.2. The zero-order valence-corrected chi connectivity index (χ0v) is 18.7. The summed E-state index contributed by atoms with van der Waals surface area (Å²) in [7, 11) is 0. The number of nitrogens with one attached hydrogen (secondary N) is 2. The second-order valence-corrected chi connectivity index (χ2v) is 6.85. The molecule has 0 spiro atoms. The molecular formula is C20H33IN4O2. The highest BCUT2D eigenvalue weighted by Crippen LogP contribution is 2.32.